The van der Waals surface area contributed by atoms with Crippen LogP contribution in [0.2, 0.25) is 0 Å². The summed E-state index contributed by atoms with van der Waals surface area (Å²) in [5.74, 6) is 0.646. The Morgan fingerprint density at radius 3 is 3.00 bits per heavy atom. The van der Waals surface area contributed by atoms with Gasteiger partial charge in [0.05, 0.1) is 7.11 Å². The van der Waals surface area contributed by atoms with Gasteiger partial charge in [-0.1, -0.05) is 6.58 Å². The van der Waals surface area contributed by atoms with Gasteiger partial charge in [0.1, 0.15) is 5.76 Å². The molecule has 0 N–H and O–H groups in total. The minimum atomic E-state index is 0.646. The van der Waals surface area contributed by atoms with Crippen molar-refractivity contribution in [1.82, 2.24) is 4.98 Å². The summed E-state index contributed by atoms with van der Waals surface area (Å²) in [5, 5.41) is 0. The molecule has 2 heteroatoms. The average Bonchev–Trinajstić information content (AvgIpc) is 2.05. The number of aromatic nitrogens is 1. The maximum absolute atomic E-state index is 4.90. The van der Waals surface area contributed by atoms with Crippen LogP contribution in [0.5, 0.6) is 0 Å². The highest BCUT2D eigenvalue weighted by molar-refractivity contribution is 5.55. The summed E-state index contributed by atoms with van der Waals surface area (Å²) in [6.07, 6.45) is 3.43. The van der Waals surface area contributed by atoms with Crippen molar-refractivity contribution in [3.05, 3.63) is 36.7 Å². The van der Waals surface area contributed by atoms with E-state index in [-0.39, 0.29) is 0 Å². The van der Waals surface area contributed by atoms with Gasteiger partial charge >= 0.3 is 0 Å². The Morgan fingerprint density at radius 2 is 2.50 bits per heavy atom. The molecule has 0 aliphatic carbocycles. The molecule has 0 saturated heterocycles. The normalized spacial score (nSPS) is 8.90. The predicted octanol–water partition coefficient (Wildman–Crippen LogP) is 1.70. The molecule has 1 rings (SSSR count). The molecule has 0 aliphatic rings. The lowest BCUT2D eigenvalue weighted by atomic mass is 10.2. The van der Waals surface area contributed by atoms with Crippen molar-refractivity contribution in [3.63, 3.8) is 0 Å². The Kier molecular flexibility index (Phi) is 2.05. The van der Waals surface area contributed by atoms with Gasteiger partial charge in [-0.3, -0.25) is 4.98 Å². The minimum absolute atomic E-state index is 0.646. The van der Waals surface area contributed by atoms with Crippen LogP contribution >= 0.6 is 0 Å². The first-order valence-electron chi connectivity index (χ1n) is 2.98. The summed E-state index contributed by atoms with van der Waals surface area (Å²) >= 11 is 0. The molecular formula is C8H9NO. The molecule has 52 valence electrons. The first-order valence-corrected chi connectivity index (χ1v) is 2.98. The number of hydrogen-bond donors (Lipinski definition) is 0. The average molecular weight is 135 g/mol. The molecule has 0 fully saturated rings. The van der Waals surface area contributed by atoms with Crippen molar-refractivity contribution < 1.29 is 4.74 Å². The molecule has 1 aromatic rings. The van der Waals surface area contributed by atoms with Gasteiger partial charge in [-0.25, -0.2) is 0 Å². The maximum Gasteiger partial charge on any atom is 0.120 e. The SMILES string of the molecule is C=C(OC)c1cccnc1. The quantitative estimate of drug-likeness (QED) is 0.576. The Labute approximate surface area is 60.2 Å². The Morgan fingerprint density at radius 1 is 1.70 bits per heavy atom. The zero-order chi connectivity index (χ0) is 7.40. The molecule has 0 radical (unpaired) electrons. The lowest BCUT2D eigenvalue weighted by Gasteiger charge is -2.00. The summed E-state index contributed by atoms with van der Waals surface area (Å²) in [6, 6.07) is 3.75. The van der Waals surface area contributed by atoms with E-state index >= 15 is 0 Å². The molecule has 10 heavy (non-hydrogen) atoms. The smallest absolute Gasteiger partial charge is 0.120 e. The maximum atomic E-state index is 4.90. The van der Waals surface area contributed by atoms with Crippen molar-refractivity contribution >= 4 is 5.76 Å². The second kappa shape index (κ2) is 3.01. The number of hydrogen-bond acceptors (Lipinski definition) is 2. The van der Waals surface area contributed by atoms with Crippen LogP contribution in [0.25, 0.3) is 5.76 Å². The molecule has 0 bridgehead atoms. The molecule has 2 nitrogen and oxygen atoms in total. The Balaban J connectivity index is 2.85. The van der Waals surface area contributed by atoms with Crippen LogP contribution in [0.1, 0.15) is 5.56 Å². The van der Waals surface area contributed by atoms with Crippen LogP contribution in [0, 0.1) is 0 Å². The van der Waals surface area contributed by atoms with E-state index in [1.807, 2.05) is 12.1 Å². The van der Waals surface area contributed by atoms with Crippen molar-refractivity contribution in [3.8, 4) is 0 Å². The predicted molar refractivity (Wildman–Crippen MR) is 40.3 cm³/mol. The summed E-state index contributed by atoms with van der Waals surface area (Å²) in [7, 11) is 1.59. The molecule has 0 amide bonds. The first-order chi connectivity index (χ1) is 4.84. The van der Waals surface area contributed by atoms with E-state index in [1.54, 1.807) is 19.5 Å². The van der Waals surface area contributed by atoms with Crippen molar-refractivity contribution in [1.29, 1.82) is 0 Å². The van der Waals surface area contributed by atoms with Crippen LogP contribution in [0.3, 0.4) is 0 Å². The van der Waals surface area contributed by atoms with Gasteiger partial charge in [0.2, 0.25) is 0 Å². The van der Waals surface area contributed by atoms with Crippen LogP contribution in [0.15, 0.2) is 31.1 Å². The van der Waals surface area contributed by atoms with Gasteiger partial charge in [-0.2, -0.15) is 0 Å². The molecule has 0 unspecified atom stereocenters. The monoisotopic (exact) mass is 135 g/mol. The lowest BCUT2D eigenvalue weighted by Crippen LogP contribution is -1.84. The highest BCUT2D eigenvalue weighted by Gasteiger charge is 1.93. The summed E-state index contributed by atoms with van der Waals surface area (Å²) in [5.41, 5.74) is 0.921. The number of nitrogens with zero attached hydrogens (tertiary/aromatic N) is 1. The standard InChI is InChI=1S/C8H9NO/c1-7(10-2)8-4-3-5-9-6-8/h3-6H,1H2,2H3. The second-order valence-electron chi connectivity index (χ2n) is 1.87. The van der Waals surface area contributed by atoms with E-state index in [9.17, 15) is 0 Å². The number of pyridine rings is 1. The third kappa shape index (κ3) is 1.35. The minimum Gasteiger partial charge on any atom is -0.497 e. The van der Waals surface area contributed by atoms with Gasteiger partial charge in [0.25, 0.3) is 0 Å². The van der Waals surface area contributed by atoms with Crippen molar-refractivity contribution in [2.45, 2.75) is 0 Å². The number of methoxy groups -OCH3 is 1. The summed E-state index contributed by atoms with van der Waals surface area (Å²) in [4.78, 5) is 3.91. The highest BCUT2D eigenvalue weighted by atomic mass is 16.5. The van der Waals surface area contributed by atoms with Crippen molar-refractivity contribution in [2.24, 2.45) is 0 Å². The molecule has 0 aliphatic heterocycles. The molecular weight excluding hydrogens is 126 g/mol. The van der Waals surface area contributed by atoms with E-state index < -0.39 is 0 Å². The first kappa shape index (κ1) is 6.81. The fourth-order valence-electron chi connectivity index (χ4n) is 0.646. The highest BCUT2D eigenvalue weighted by Crippen LogP contribution is 2.08. The number of rotatable bonds is 2. The van der Waals surface area contributed by atoms with Gasteiger partial charge in [-0.05, 0) is 12.1 Å². The number of ether oxygens (including phenoxy) is 1. The van der Waals surface area contributed by atoms with Gasteiger partial charge in [0, 0.05) is 18.0 Å². The molecule has 0 spiro atoms. The molecule has 0 atom stereocenters. The Hall–Kier alpha value is -1.31. The van der Waals surface area contributed by atoms with Crippen LogP contribution in [-0.2, 0) is 4.74 Å². The van der Waals surface area contributed by atoms with Gasteiger partial charge in [-0.15, -0.1) is 0 Å². The van der Waals surface area contributed by atoms with Crippen LogP contribution < -0.4 is 0 Å². The molecule has 1 heterocycles. The zero-order valence-corrected chi connectivity index (χ0v) is 5.87. The summed E-state index contributed by atoms with van der Waals surface area (Å²) < 4.78 is 4.90. The van der Waals surface area contributed by atoms with E-state index in [0.717, 1.165) is 5.56 Å². The fourth-order valence-corrected chi connectivity index (χ4v) is 0.646. The zero-order valence-electron chi connectivity index (χ0n) is 5.87. The van der Waals surface area contributed by atoms with E-state index in [2.05, 4.69) is 11.6 Å². The van der Waals surface area contributed by atoms with Crippen LogP contribution in [0.4, 0.5) is 0 Å². The van der Waals surface area contributed by atoms with E-state index in [4.69, 9.17) is 4.74 Å². The molecule has 0 saturated carbocycles. The molecule has 1 aromatic heterocycles. The second-order valence-corrected chi connectivity index (χ2v) is 1.87. The van der Waals surface area contributed by atoms with E-state index in [1.165, 1.54) is 0 Å². The van der Waals surface area contributed by atoms with Crippen molar-refractivity contribution in [2.75, 3.05) is 7.11 Å². The van der Waals surface area contributed by atoms with E-state index in [0.29, 0.717) is 5.76 Å². The topological polar surface area (TPSA) is 22.1 Å². The molecule has 0 aromatic carbocycles. The third-order valence-corrected chi connectivity index (χ3v) is 1.23. The fraction of sp³-hybridized carbons (Fsp3) is 0.125. The lowest BCUT2D eigenvalue weighted by molar-refractivity contribution is 0.371. The Bertz CT molecular complexity index is 218. The van der Waals surface area contributed by atoms with Crippen LogP contribution in [-0.4, -0.2) is 12.1 Å². The summed E-state index contributed by atoms with van der Waals surface area (Å²) in [6.45, 7) is 3.68. The van der Waals surface area contributed by atoms with Gasteiger partial charge < -0.3 is 4.74 Å². The third-order valence-electron chi connectivity index (χ3n) is 1.23. The largest absolute Gasteiger partial charge is 0.497 e. The van der Waals surface area contributed by atoms with Gasteiger partial charge in [0.15, 0.2) is 0 Å².